The fourth-order valence-corrected chi connectivity index (χ4v) is 1.29. The zero-order valence-corrected chi connectivity index (χ0v) is 9.82. The smallest absolute Gasteiger partial charge is 0.243 e. The van der Waals surface area contributed by atoms with Gasteiger partial charge in [-0.05, 0) is 18.6 Å². The molecule has 5 heteroatoms. The first-order valence-corrected chi connectivity index (χ1v) is 5.26. The number of isocyanates is 1. The molecule has 0 radical (unpaired) electrons. The topological polar surface area (TPSA) is 67.8 Å². The summed E-state index contributed by atoms with van der Waals surface area (Å²) in [4.78, 5) is 29.9. The van der Waals surface area contributed by atoms with Crippen molar-refractivity contribution in [1.82, 2.24) is 5.48 Å². The van der Waals surface area contributed by atoms with E-state index in [0.717, 1.165) is 11.1 Å². The lowest BCUT2D eigenvalue weighted by molar-refractivity contribution is -0.134. The van der Waals surface area contributed by atoms with Crippen LogP contribution in [0.1, 0.15) is 24.5 Å². The number of aliphatic imine (C=N–C) groups is 1. The maximum absolute atomic E-state index is 11.0. The van der Waals surface area contributed by atoms with Crippen LogP contribution in [-0.2, 0) is 21.0 Å². The van der Waals surface area contributed by atoms with Gasteiger partial charge in [-0.15, -0.1) is 0 Å². The Morgan fingerprint density at radius 1 is 1.53 bits per heavy atom. The van der Waals surface area contributed by atoms with Crippen LogP contribution in [0.15, 0.2) is 23.2 Å². The number of nitrogens with zero attached hydrogens (tertiary/aromatic N) is 1. The molecule has 0 saturated carbocycles. The Hall–Kier alpha value is -1.97. The number of hydroxylamine groups is 1. The average Bonchev–Trinajstić information content (AvgIpc) is 2.32. The molecule has 17 heavy (non-hydrogen) atoms. The number of nitrogens with one attached hydrogen (secondary N) is 1. The molecule has 0 aliphatic rings. The van der Waals surface area contributed by atoms with Crippen molar-refractivity contribution in [2.75, 3.05) is 0 Å². The van der Waals surface area contributed by atoms with E-state index in [-0.39, 0.29) is 12.5 Å². The van der Waals surface area contributed by atoms with Gasteiger partial charge in [0.05, 0.1) is 5.69 Å². The first-order chi connectivity index (χ1) is 8.19. The minimum atomic E-state index is -0.195. The summed E-state index contributed by atoms with van der Waals surface area (Å²) in [5.41, 5.74) is 4.50. The number of carbonyl (C=O) groups is 1. The van der Waals surface area contributed by atoms with Crippen molar-refractivity contribution in [1.29, 1.82) is 0 Å². The Bertz CT molecular complexity index is 451. The third-order valence-corrected chi connectivity index (χ3v) is 2.28. The first-order valence-electron chi connectivity index (χ1n) is 5.26. The van der Waals surface area contributed by atoms with Gasteiger partial charge in [0.1, 0.15) is 6.61 Å². The Balaban J connectivity index is 2.75. The Labute approximate surface area is 99.5 Å². The number of amides is 1. The highest BCUT2D eigenvalue weighted by Gasteiger charge is 2.06. The third-order valence-electron chi connectivity index (χ3n) is 2.28. The molecular weight excluding hydrogens is 220 g/mol. The van der Waals surface area contributed by atoms with Gasteiger partial charge in [-0.1, -0.05) is 19.1 Å². The quantitative estimate of drug-likeness (QED) is 0.480. The second kappa shape index (κ2) is 6.58. The van der Waals surface area contributed by atoms with Crippen LogP contribution in [0.2, 0.25) is 0 Å². The minimum absolute atomic E-state index is 0.166. The summed E-state index contributed by atoms with van der Waals surface area (Å²) in [5.74, 6) is -0.195. The van der Waals surface area contributed by atoms with Gasteiger partial charge in [-0.25, -0.2) is 10.3 Å². The summed E-state index contributed by atoms with van der Waals surface area (Å²) >= 11 is 0. The number of hydrogen-bond acceptors (Lipinski definition) is 4. The van der Waals surface area contributed by atoms with Gasteiger partial charge < -0.3 is 0 Å². The molecule has 0 atom stereocenters. The Morgan fingerprint density at radius 2 is 2.29 bits per heavy atom. The third kappa shape index (κ3) is 3.83. The van der Waals surface area contributed by atoms with Crippen LogP contribution in [0.5, 0.6) is 0 Å². The predicted octanol–water partition coefficient (Wildman–Crippen LogP) is 1.92. The molecule has 90 valence electrons. The normalized spacial score (nSPS) is 9.53. The van der Waals surface area contributed by atoms with Crippen LogP contribution in [0.3, 0.4) is 0 Å². The number of carbonyl (C=O) groups excluding carboxylic acids is 2. The van der Waals surface area contributed by atoms with Crippen molar-refractivity contribution in [3.05, 3.63) is 29.3 Å². The van der Waals surface area contributed by atoms with Gasteiger partial charge in [0.25, 0.3) is 0 Å². The molecule has 0 saturated heterocycles. The van der Waals surface area contributed by atoms with E-state index < -0.39 is 0 Å². The lowest BCUT2D eigenvalue weighted by atomic mass is 10.1. The van der Waals surface area contributed by atoms with Crippen LogP contribution >= 0.6 is 0 Å². The molecule has 1 N–H and O–H groups in total. The second-order valence-corrected chi connectivity index (χ2v) is 3.44. The van der Waals surface area contributed by atoms with Crippen LogP contribution in [0.4, 0.5) is 5.69 Å². The number of hydrogen-bond donors (Lipinski definition) is 1. The SMILES string of the molecule is CCC(=O)NOCc1c(C)cccc1N=C=O. The lowest BCUT2D eigenvalue weighted by Crippen LogP contribution is -2.22. The lowest BCUT2D eigenvalue weighted by Gasteiger charge is -2.09. The zero-order chi connectivity index (χ0) is 12.7. The van der Waals surface area contributed by atoms with Crippen molar-refractivity contribution in [2.24, 2.45) is 4.99 Å². The molecule has 5 nitrogen and oxygen atoms in total. The highest BCUT2D eigenvalue weighted by Crippen LogP contribution is 2.22. The van der Waals surface area contributed by atoms with E-state index in [0.29, 0.717) is 12.1 Å². The molecule has 0 heterocycles. The van der Waals surface area contributed by atoms with E-state index in [1.807, 2.05) is 13.0 Å². The van der Waals surface area contributed by atoms with Gasteiger partial charge in [-0.3, -0.25) is 9.63 Å². The maximum Gasteiger partial charge on any atom is 0.243 e. The van der Waals surface area contributed by atoms with E-state index >= 15 is 0 Å². The molecule has 0 bridgehead atoms. The van der Waals surface area contributed by atoms with Gasteiger partial charge in [0.15, 0.2) is 0 Å². The number of benzene rings is 1. The van der Waals surface area contributed by atoms with Crippen LogP contribution in [0, 0.1) is 6.92 Å². The summed E-state index contributed by atoms with van der Waals surface area (Å²) in [6.45, 7) is 3.78. The molecular formula is C12H14N2O3. The molecule has 1 rings (SSSR count). The molecule has 0 unspecified atom stereocenters. The highest BCUT2D eigenvalue weighted by atomic mass is 16.6. The zero-order valence-electron chi connectivity index (χ0n) is 9.82. The van der Waals surface area contributed by atoms with Crippen molar-refractivity contribution in [2.45, 2.75) is 26.9 Å². The minimum Gasteiger partial charge on any atom is -0.273 e. The molecule has 1 aromatic rings. The summed E-state index contributed by atoms with van der Waals surface area (Å²) in [7, 11) is 0. The molecule has 0 fully saturated rings. The van der Waals surface area contributed by atoms with Crippen LogP contribution in [-0.4, -0.2) is 12.0 Å². The average molecular weight is 234 g/mol. The van der Waals surface area contributed by atoms with Crippen LogP contribution < -0.4 is 5.48 Å². The van der Waals surface area contributed by atoms with Crippen molar-refractivity contribution < 1.29 is 14.4 Å². The molecule has 0 aromatic heterocycles. The van der Waals surface area contributed by atoms with E-state index in [2.05, 4.69) is 10.5 Å². The van der Waals surface area contributed by atoms with Gasteiger partial charge in [0, 0.05) is 12.0 Å². The predicted molar refractivity (Wildman–Crippen MR) is 62.2 cm³/mol. The molecule has 0 aliphatic carbocycles. The molecule has 1 amide bonds. The number of aryl methyl sites for hydroxylation is 1. The largest absolute Gasteiger partial charge is 0.273 e. The second-order valence-electron chi connectivity index (χ2n) is 3.44. The molecule has 0 spiro atoms. The Kier molecular flexibility index (Phi) is 5.07. The summed E-state index contributed by atoms with van der Waals surface area (Å²) in [6, 6.07) is 5.36. The monoisotopic (exact) mass is 234 g/mol. The summed E-state index contributed by atoms with van der Waals surface area (Å²) < 4.78 is 0. The standard InChI is InChI=1S/C12H14N2O3/c1-3-12(16)14-17-7-10-9(2)5-4-6-11(10)13-8-15/h4-6H,3,7H2,1-2H3,(H,14,16). The fourth-order valence-electron chi connectivity index (χ4n) is 1.29. The molecule has 0 aliphatic heterocycles. The highest BCUT2D eigenvalue weighted by molar-refractivity contribution is 5.74. The van der Waals surface area contributed by atoms with Gasteiger partial charge >= 0.3 is 0 Å². The maximum atomic E-state index is 11.0. The molecule has 1 aromatic carbocycles. The van der Waals surface area contributed by atoms with Crippen LogP contribution in [0.25, 0.3) is 0 Å². The first kappa shape index (κ1) is 13.1. The van der Waals surface area contributed by atoms with Crippen molar-refractivity contribution >= 4 is 17.7 Å². The van der Waals surface area contributed by atoms with Gasteiger partial charge in [-0.2, -0.15) is 4.99 Å². The Morgan fingerprint density at radius 3 is 2.94 bits per heavy atom. The number of rotatable bonds is 5. The van der Waals surface area contributed by atoms with E-state index in [1.165, 1.54) is 6.08 Å². The van der Waals surface area contributed by atoms with E-state index in [1.54, 1.807) is 19.1 Å². The van der Waals surface area contributed by atoms with Gasteiger partial charge in [0.2, 0.25) is 12.0 Å². The fraction of sp³-hybridized carbons (Fsp3) is 0.333. The van der Waals surface area contributed by atoms with Crippen molar-refractivity contribution in [3.63, 3.8) is 0 Å². The van der Waals surface area contributed by atoms with E-state index in [4.69, 9.17) is 4.84 Å². The summed E-state index contributed by atoms with van der Waals surface area (Å²) in [6.07, 6.45) is 1.85. The van der Waals surface area contributed by atoms with E-state index in [9.17, 15) is 9.59 Å². The van der Waals surface area contributed by atoms with Crippen molar-refractivity contribution in [3.8, 4) is 0 Å². The summed E-state index contributed by atoms with van der Waals surface area (Å²) in [5, 5.41) is 0.